The lowest BCUT2D eigenvalue weighted by Gasteiger charge is -2.32. The SMILES string of the molecule is CCCCCCn1c2cc(B(O)O)ccc2c2ccc(B3OC(C)(C)C(C)(C)O3)cc21. The lowest BCUT2D eigenvalue weighted by molar-refractivity contribution is 0.00578. The van der Waals surface area contributed by atoms with Gasteiger partial charge in [-0.25, -0.2) is 0 Å². The Kier molecular flexibility index (Phi) is 5.99. The van der Waals surface area contributed by atoms with Gasteiger partial charge in [-0.15, -0.1) is 0 Å². The number of benzene rings is 2. The number of aryl methyl sites for hydroxylation is 1. The van der Waals surface area contributed by atoms with Crippen molar-refractivity contribution in [1.29, 1.82) is 0 Å². The summed E-state index contributed by atoms with van der Waals surface area (Å²) in [5.74, 6) is 0. The Morgan fingerprint density at radius 2 is 1.48 bits per heavy atom. The molecule has 0 atom stereocenters. The summed E-state index contributed by atoms with van der Waals surface area (Å²) in [6.45, 7) is 11.4. The van der Waals surface area contributed by atoms with Crippen LogP contribution in [-0.2, 0) is 15.9 Å². The maximum absolute atomic E-state index is 9.69. The van der Waals surface area contributed by atoms with Gasteiger partial charge in [-0.05, 0) is 57.2 Å². The molecule has 2 heterocycles. The van der Waals surface area contributed by atoms with Gasteiger partial charge in [0.1, 0.15) is 0 Å². The van der Waals surface area contributed by atoms with Gasteiger partial charge in [0, 0.05) is 28.4 Å². The third kappa shape index (κ3) is 4.05. The highest BCUT2D eigenvalue weighted by molar-refractivity contribution is 6.62. The van der Waals surface area contributed by atoms with Crippen LogP contribution in [0.25, 0.3) is 21.8 Å². The maximum atomic E-state index is 9.69. The first kappa shape index (κ1) is 22.4. The predicted octanol–water partition coefficient (Wildman–Crippen LogP) is 3.35. The van der Waals surface area contributed by atoms with Gasteiger partial charge in [-0.2, -0.15) is 0 Å². The Bertz CT molecular complexity index is 1070. The molecule has 7 heteroatoms. The van der Waals surface area contributed by atoms with E-state index in [4.69, 9.17) is 9.31 Å². The van der Waals surface area contributed by atoms with Gasteiger partial charge in [-0.3, -0.25) is 0 Å². The second-order valence-electron chi connectivity index (χ2n) is 9.73. The molecule has 0 bridgehead atoms. The highest BCUT2D eigenvalue weighted by Crippen LogP contribution is 2.37. The molecule has 2 aromatic carbocycles. The minimum absolute atomic E-state index is 0.383. The van der Waals surface area contributed by atoms with E-state index in [0.29, 0.717) is 5.46 Å². The molecule has 1 saturated heterocycles. The molecule has 0 spiro atoms. The molecular formula is C24H33B2NO4. The lowest BCUT2D eigenvalue weighted by Crippen LogP contribution is -2.41. The van der Waals surface area contributed by atoms with Crippen LogP contribution in [0.15, 0.2) is 36.4 Å². The molecule has 3 aromatic rings. The van der Waals surface area contributed by atoms with Crippen LogP contribution in [0.3, 0.4) is 0 Å². The Morgan fingerprint density at radius 1 is 0.871 bits per heavy atom. The summed E-state index contributed by atoms with van der Waals surface area (Å²) in [7, 11) is -1.88. The quantitative estimate of drug-likeness (QED) is 0.454. The number of nitrogens with zero attached hydrogens (tertiary/aromatic N) is 1. The van der Waals surface area contributed by atoms with Crippen LogP contribution in [0.1, 0.15) is 60.3 Å². The Labute approximate surface area is 185 Å². The minimum atomic E-state index is -1.48. The summed E-state index contributed by atoms with van der Waals surface area (Å²) < 4.78 is 14.9. The normalized spacial score (nSPS) is 17.7. The molecule has 0 radical (unpaired) electrons. The van der Waals surface area contributed by atoms with Gasteiger partial charge >= 0.3 is 14.2 Å². The van der Waals surface area contributed by atoms with E-state index in [0.717, 1.165) is 40.2 Å². The summed E-state index contributed by atoms with van der Waals surface area (Å²) in [6, 6.07) is 12.1. The second-order valence-corrected chi connectivity index (χ2v) is 9.73. The monoisotopic (exact) mass is 421 g/mol. The zero-order chi connectivity index (χ0) is 22.4. The topological polar surface area (TPSA) is 63.9 Å². The van der Waals surface area contributed by atoms with Gasteiger partial charge < -0.3 is 23.9 Å². The fraction of sp³-hybridized carbons (Fsp3) is 0.500. The first-order valence-corrected chi connectivity index (χ1v) is 11.4. The van der Waals surface area contributed by atoms with E-state index in [1.54, 1.807) is 6.07 Å². The number of aromatic nitrogens is 1. The number of hydrogen-bond donors (Lipinski definition) is 2. The van der Waals surface area contributed by atoms with Gasteiger partial charge in [0.2, 0.25) is 0 Å². The average molecular weight is 421 g/mol. The van der Waals surface area contributed by atoms with Crippen molar-refractivity contribution in [3.63, 3.8) is 0 Å². The molecule has 2 N–H and O–H groups in total. The number of hydrogen-bond acceptors (Lipinski definition) is 4. The van der Waals surface area contributed by atoms with Crippen molar-refractivity contribution in [2.24, 2.45) is 0 Å². The largest absolute Gasteiger partial charge is 0.494 e. The zero-order valence-corrected chi connectivity index (χ0v) is 19.3. The van der Waals surface area contributed by atoms with E-state index in [2.05, 4.69) is 57.4 Å². The van der Waals surface area contributed by atoms with Crippen molar-refractivity contribution in [1.82, 2.24) is 4.57 Å². The molecule has 1 aromatic heterocycles. The standard InChI is InChI=1S/C24H33B2NO4/c1-6-7-8-9-14-27-21-15-17(25(28)29)10-12-19(21)20-13-11-18(16-22(20)27)26-30-23(2,3)24(4,5)31-26/h10-13,15-16,28-29H,6-9,14H2,1-5H3. The Hall–Kier alpha value is -1.79. The molecule has 0 saturated carbocycles. The van der Waals surface area contributed by atoms with Gasteiger partial charge in [0.05, 0.1) is 11.2 Å². The molecule has 0 amide bonds. The molecule has 0 unspecified atom stereocenters. The highest BCUT2D eigenvalue weighted by Gasteiger charge is 2.51. The number of fused-ring (bicyclic) bond motifs is 3. The summed E-state index contributed by atoms with van der Waals surface area (Å²) in [5.41, 5.74) is 2.91. The third-order valence-electron chi connectivity index (χ3n) is 6.97. The molecule has 0 aliphatic carbocycles. The van der Waals surface area contributed by atoms with Crippen LogP contribution in [0.2, 0.25) is 0 Å². The summed E-state index contributed by atoms with van der Waals surface area (Å²) in [4.78, 5) is 0. The molecule has 1 aliphatic rings. The molecule has 31 heavy (non-hydrogen) atoms. The van der Waals surface area contributed by atoms with E-state index >= 15 is 0 Å². The van der Waals surface area contributed by atoms with Crippen molar-refractivity contribution >= 4 is 47.0 Å². The fourth-order valence-electron chi connectivity index (χ4n) is 4.35. The van der Waals surface area contributed by atoms with Crippen LogP contribution in [0.5, 0.6) is 0 Å². The zero-order valence-electron chi connectivity index (χ0n) is 19.3. The van der Waals surface area contributed by atoms with Crippen molar-refractivity contribution in [3.05, 3.63) is 36.4 Å². The predicted molar refractivity (Wildman–Crippen MR) is 129 cm³/mol. The summed E-state index contributed by atoms with van der Waals surface area (Å²) in [5, 5.41) is 21.7. The van der Waals surface area contributed by atoms with Gasteiger partial charge in [0.25, 0.3) is 0 Å². The number of rotatable bonds is 7. The van der Waals surface area contributed by atoms with E-state index in [1.165, 1.54) is 19.3 Å². The summed E-state index contributed by atoms with van der Waals surface area (Å²) in [6.07, 6.45) is 4.67. The minimum Gasteiger partial charge on any atom is -0.423 e. The fourth-order valence-corrected chi connectivity index (χ4v) is 4.35. The van der Waals surface area contributed by atoms with Crippen LogP contribution in [0, 0.1) is 0 Å². The van der Waals surface area contributed by atoms with Gasteiger partial charge in [-0.1, -0.05) is 50.5 Å². The molecule has 1 aliphatic heterocycles. The molecule has 4 rings (SSSR count). The molecule has 1 fully saturated rings. The molecule has 5 nitrogen and oxygen atoms in total. The van der Waals surface area contributed by atoms with Crippen molar-refractivity contribution < 1.29 is 19.4 Å². The Morgan fingerprint density at radius 3 is 2.10 bits per heavy atom. The summed E-state index contributed by atoms with van der Waals surface area (Å²) >= 11 is 0. The van der Waals surface area contributed by atoms with E-state index in [1.807, 2.05) is 12.1 Å². The lowest BCUT2D eigenvalue weighted by atomic mass is 9.78. The van der Waals surface area contributed by atoms with Crippen molar-refractivity contribution in [3.8, 4) is 0 Å². The van der Waals surface area contributed by atoms with Crippen LogP contribution in [0.4, 0.5) is 0 Å². The molecular weight excluding hydrogens is 388 g/mol. The van der Waals surface area contributed by atoms with E-state index in [-0.39, 0.29) is 11.2 Å². The average Bonchev–Trinajstić information content (AvgIpc) is 3.14. The van der Waals surface area contributed by atoms with E-state index in [9.17, 15) is 10.0 Å². The molecule has 164 valence electrons. The maximum Gasteiger partial charge on any atom is 0.494 e. The Balaban J connectivity index is 1.80. The van der Waals surface area contributed by atoms with Crippen LogP contribution in [-0.4, -0.2) is 40.1 Å². The second kappa shape index (κ2) is 8.28. The van der Waals surface area contributed by atoms with Gasteiger partial charge in [0.15, 0.2) is 0 Å². The van der Waals surface area contributed by atoms with Crippen molar-refractivity contribution in [2.75, 3.05) is 0 Å². The van der Waals surface area contributed by atoms with Crippen LogP contribution >= 0.6 is 0 Å². The first-order valence-electron chi connectivity index (χ1n) is 11.4. The highest BCUT2D eigenvalue weighted by atomic mass is 16.7. The first-order chi connectivity index (χ1) is 14.6. The third-order valence-corrected chi connectivity index (χ3v) is 6.97. The van der Waals surface area contributed by atoms with E-state index < -0.39 is 14.2 Å². The van der Waals surface area contributed by atoms with Crippen LogP contribution < -0.4 is 10.9 Å². The number of unbranched alkanes of at least 4 members (excludes halogenated alkanes) is 3. The van der Waals surface area contributed by atoms with Crippen molar-refractivity contribution in [2.45, 2.75) is 78.0 Å². The smallest absolute Gasteiger partial charge is 0.423 e.